The second kappa shape index (κ2) is 4.97. The topological polar surface area (TPSA) is 62.2 Å². The number of aryl methyl sites for hydroxylation is 1. The number of hydrogen-bond donors (Lipinski definition) is 2. The van der Waals surface area contributed by atoms with Gasteiger partial charge in [-0.05, 0) is 36.1 Å². The normalized spacial score (nSPS) is 10.2. The van der Waals surface area contributed by atoms with E-state index in [-0.39, 0.29) is 5.69 Å². The number of carbonyl (C=O) groups is 1. The number of hydrogen-bond acceptors (Lipinski definition) is 4. The summed E-state index contributed by atoms with van der Waals surface area (Å²) in [5.74, 6) is -1.01. The predicted molar refractivity (Wildman–Crippen MR) is 67.6 cm³/mol. The summed E-state index contributed by atoms with van der Waals surface area (Å²) in [6.45, 7) is 2.76. The van der Waals surface area contributed by atoms with E-state index in [0.29, 0.717) is 6.54 Å². The number of anilines is 1. The number of thiophene rings is 1. The molecule has 0 aliphatic carbocycles. The van der Waals surface area contributed by atoms with Gasteiger partial charge in [-0.1, -0.05) is 0 Å². The van der Waals surface area contributed by atoms with E-state index in [0.717, 1.165) is 5.69 Å². The highest BCUT2D eigenvalue weighted by molar-refractivity contribution is 7.10. The summed E-state index contributed by atoms with van der Waals surface area (Å²) in [4.78, 5) is 15.8. The number of carboxylic acid groups (broad SMARTS) is 1. The average Bonchev–Trinajstić information content (AvgIpc) is 2.72. The van der Waals surface area contributed by atoms with E-state index in [2.05, 4.69) is 23.3 Å². The van der Waals surface area contributed by atoms with Crippen LogP contribution in [0.2, 0.25) is 0 Å². The quantitative estimate of drug-likeness (QED) is 0.873. The van der Waals surface area contributed by atoms with Gasteiger partial charge in [0, 0.05) is 23.3 Å². The van der Waals surface area contributed by atoms with Crippen molar-refractivity contribution >= 4 is 23.0 Å². The molecule has 2 aromatic rings. The Morgan fingerprint density at radius 2 is 2.35 bits per heavy atom. The fourth-order valence-electron chi connectivity index (χ4n) is 1.42. The number of aromatic nitrogens is 1. The van der Waals surface area contributed by atoms with E-state index < -0.39 is 5.97 Å². The first kappa shape index (κ1) is 11.6. The molecule has 2 aromatic heterocycles. The van der Waals surface area contributed by atoms with Gasteiger partial charge in [0.05, 0.1) is 0 Å². The first-order valence-electron chi connectivity index (χ1n) is 5.13. The summed E-state index contributed by atoms with van der Waals surface area (Å²) < 4.78 is 0. The zero-order valence-electron chi connectivity index (χ0n) is 9.30. The van der Waals surface area contributed by atoms with Crippen LogP contribution in [0, 0.1) is 6.92 Å². The van der Waals surface area contributed by atoms with E-state index in [4.69, 9.17) is 5.11 Å². The van der Waals surface area contributed by atoms with Crippen LogP contribution < -0.4 is 5.32 Å². The van der Waals surface area contributed by atoms with Gasteiger partial charge in [0.15, 0.2) is 0 Å². The zero-order chi connectivity index (χ0) is 12.3. The molecule has 0 bridgehead atoms. The summed E-state index contributed by atoms with van der Waals surface area (Å²) in [5.41, 5.74) is 2.07. The summed E-state index contributed by atoms with van der Waals surface area (Å²) in [6.07, 6.45) is 1.49. The minimum atomic E-state index is -1.01. The molecule has 0 spiro atoms. The second-order valence-corrected chi connectivity index (χ2v) is 4.62. The first-order chi connectivity index (χ1) is 8.16. The maximum absolute atomic E-state index is 10.8. The number of pyridine rings is 1. The highest BCUT2D eigenvalue weighted by atomic mass is 32.1. The number of nitrogens with one attached hydrogen (secondary N) is 1. The van der Waals surface area contributed by atoms with Crippen LogP contribution in [0.1, 0.15) is 20.9 Å². The van der Waals surface area contributed by atoms with Crippen molar-refractivity contribution in [1.29, 1.82) is 0 Å². The van der Waals surface area contributed by atoms with Crippen molar-refractivity contribution < 1.29 is 9.90 Å². The minimum absolute atomic E-state index is 0.0536. The van der Waals surface area contributed by atoms with Crippen LogP contribution in [-0.4, -0.2) is 16.1 Å². The van der Waals surface area contributed by atoms with Gasteiger partial charge in [0.25, 0.3) is 0 Å². The Bertz CT molecular complexity index is 537. The van der Waals surface area contributed by atoms with Gasteiger partial charge in [0.2, 0.25) is 0 Å². The molecular weight excluding hydrogens is 236 g/mol. The molecule has 0 radical (unpaired) electrons. The minimum Gasteiger partial charge on any atom is -0.477 e. The van der Waals surface area contributed by atoms with Gasteiger partial charge in [-0.3, -0.25) is 0 Å². The Morgan fingerprint density at radius 1 is 1.53 bits per heavy atom. The molecule has 0 saturated carbocycles. The van der Waals surface area contributed by atoms with Crippen molar-refractivity contribution in [2.24, 2.45) is 0 Å². The zero-order valence-corrected chi connectivity index (χ0v) is 10.1. The van der Waals surface area contributed by atoms with Gasteiger partial charge in [-0.15, -0.1) is 11.3 Å². The molecule has 88 valence electrons. The maximum Gasteiger partial charge on any atom is 0.354 e. The van der Waals surface area contributed by atoms with Crippen LogP contribution in [0.15, 0.2) is 29.8 Å². The van der Waals surface area contributed by atoms with E-state index in [1.54, 1.807) is 17.4 Å². The maximum atomic E-state index is 10.8. The molecule has 17 heavy (non-hydrogen) atoms. The average molecular weight is 248 g/mol. The highest BCUT2D eigenvalue weighted by Crippen LogP contribution is 2.17. The third-order valence-corrected chi connectivity index (χ3v) is 3.42. The van der Waals surface area contributed by atoms with Crippen molar-refractivity contribution in [2.45, 2.75) is 13.5 Å². The second-order valence-electron chi connectivity index (χ2n) is 3.62. The summed E-state index contributed by atoms with van der Waals surface area (Å²) >= 11 is 1.68. The van der Waals surface area contributed by atoms with Crippen molar-refractivity contribution in [3.63, 3.8) is 0 Å². The molecular formula is C12H12N2O2S. The van der Waals surface area contributed by atoms with Crippen LogP contribution in [-0.2, 0) is 6.54 Å². The van der Waals surface area contributed by atoms with Gasteiger partial charge in [-0.25, -0.2) is 9.78 Å². The molecule has 0 unspecified atom stereocenters. The molecule has 5 heteroatoms. The van der Waals surface area contributed by atoms with Gasteiger partial charge >= 0.3 is 5.97 Å². The smallest absolute Gasteiger partial charge is 0.354 e. The van der Waals surface area contributed by atoms with E-state index >= 15 is 0 Å². The van der Waals surface area contributed by atoms with E-state index in [1.807, 2.05) is 5.38 Å². The van der Waals surface area contributed by atoms with Crippen LogP contribution in [0.5, 0.6) is 0 Å². The lowest BCUT2D eigenvalue weighted by Gasteiger charge is -2.06. The Kier molecular flexibility index (Phi) is 3.39. The molecule has 0 amide bonds. The molecule has 4 nitrogen and oxygen atoms in total. The third kappa shape index (κ3) is 2.82. The molecule has 2 rings (SSSR count). The summed E-state index contributed by atoms with van der Waals surface area (Å²) in [7, 11) is 0. The van der Waals surface area contributed by atoms with Crippen LogP contribution in [0.3, 0.4) is 0 Å². The lowest BCUT2D eigenvalue weighted by atomic mass is 10.2. The lowest BCUT2D eigenvalue weighted by Crippen LogP contribution is -2.03. The number of nitrogens with zero attached hydrogens (tertiary/aromatic N) is 1. The molecule has 2 N–H and O–H groups in total. The fraction of sp³-hybridized carbons (Fsp3) is 0.167. The monoisotopic (exact) mass is 248 g/mol. The lowest BCUT2D eigenvalue weighted by molar-refractivity contribution is 0.0690. The number of carboxylic acids is 1. The highest BCUT2D eigenvalue weighted by Gasteiger charge is 2.05. The van der Waals surface area contributed by atoms with Gasteiger partial charge < -0.3 is 10.4 Å². The van der Waals surface area contributed by atoms with Crippen molar-refractivity contribution in [2.75, 3.05) is 5.32 Å². The fourth-order valence-corrected chi connectivity index (χ4v) is 2.27. The molecule has 0 aromatic carbocycles. The number of aromatic carboxylic acids is 1. The van der Waals surface area contributed by atoms with Crippen molar-refractivity contribution in [3.05, 3.63) is 45.9 Å². The Morgan fingerprint density at radius 3 is 3.00 bits per heavy atom. The van der Waals surface area contributed by atoms with Crippen LogP contribution in [0.25, 0.3) is 0 Å². The SMILES string of the molecule is Cc1ccsc1CNc1ccnc(C(=O)O)c1. The first-order valence-corrected chi connectivity index (χ1v) is 6.01. The summed E-state index contributed by atoms with van der Waals surface area (Å²) in [5, 5.41) is 14.1. The Hall–Kier alpha value is -1.88. The molecule has 0 atom stereocenters. The molecule has 0 aliphatic heterocycles. The van der Waals surface area contributed by atoms with Crippen molar-refractivity contribution in [3.8, 4) is 0 Å². The van der Waals surface area contributed by atoms with E-state index in [1.165, 1.54) is 22.7 Å². The largest absolute Gasteiger partial charge is 0.477 e. The molecule has 0 aliphatic rings. The molecule has 0 fully saturated rings. The van der Waals surface area contributed by atoms with Crippen LogP contribution in [0.4, 0.5) is 5.69 Å². The Labute approximate surface area is 103 Å². The summed E-state index contributed by atoms with van der Waals surface area (Å²) in [6, 6.07) is 5.36. The van der Waals surface area contributed by atoms with Gasteiger partial charge in [0.1, 0.15) is 5.69 Å². The third-order valence-electron chi connectivity index (χ3n) is 2.40. The predicted octanol–water partition coefficient (Wildman–Crippen LogP) is 2.76. The molecule has 2 heterocycles. The number of rotatable bonds is 4. The van der Waals surface area contributed by atoms with Crippen LogP contribution >= 0.6 is 11.3 Å². The molecule has 0 saturated heterocycles. The standard InChI is InChI=1S/C12H12N2O2S/c1-8-3-5-17-11(8)7-14-9-2-4-13-10(6-9)12(15)16/h2-6H,7H2,1H3,(H,13,14)(H,15,16). The Balaban J connectivity index is 2.07. The van der Waals surface area contributed by atoms with Gasteiger partial charge in [-0.2, -0.15) is 0 Å². The van der Waals surface area contributed by atoms with Crippen molar-refractivity contribution in [1.82, 2.24) is 4.98 Å². The van der Waals surface area contributed by atoms with E-state index in [9.17, 15) is 4.79 Å².